The fourth-order valence-electron chi connectivity index (χ4n) is 7.48. The molecule has 0 aliphatic carbocycles. The molecule has 9 heterocycles. The number of hydrogen-bond donors (Lipinski definition) is 2. The monoisotopic (exact) mass is 816 g/mol. The first kappa shape index (κ1) is 36.4. The Morgan fingerprint density at radius 3 is 2.02 bits per heavy atom. The van der Waals surface area contributed by atoms with Crippen LogP contribution in [0.4, 0.5) is 4.39 Å². The fraction of sp³-hybridized carbons (Fsp3) is 0.200. The molecule has 0 saturated carbocycles. The average molecular weight is 817 g/mol. The number of nitrogens with zero attached hydrogens (tertiary/aromatic N) is 14. The van der Waals surface area contributed by atoms with Gasteiger partial charge >= 0.3 is 0 Å². The Morgan fingerprint density at radius 1 is 0.712 bits per heavy atom. The number of aromatic nitrogens is 11. The van der Waals surface area contributed by atoms with E-state index in [0.29, 0.717) is 65.1 Å². The molecule has 0 unspecified atom stereocenters. The van der Waals surface area contributed by atoms with Crippen molar-refractivity contribution in [3.8, 4) is 52.0 Å². The summed E-state index contributed by atoms with van der Waals surface area (Å²) < 4.78 is 22.0. The molecule has 2 fully saturated rings. The Morgan fingerprint density at radius 2 is 1.39 bits per heavy atom. The second-order valence-corrected chi connectivity index (χ2v) is 16.2. The van der Waals surface area contributed by atoms with Crippen LogP contribution in [0.1, 0.15) is 41.6 Å². The van der Waals surface area contributed by atoms with Crippen molar-refractivity contribution in [1.29, 1.82) is 15.8 Å². The average Bonchev–Trinajstić information content (AvgIpc) is 4.11. The van der Waals surface area contributed by atoms with Gasteiger partial charge in [0.25, 0.3) is 0 Å². The van der Waals surface area contributed by atoms with Crippen molar-refractivity contribution in [1.82, 2.24) is 64.8 Å². The lowest BCUT2D eigenvalue weighted by atomic mass is 10.0. The SMILES string of the molecule is N#Cc1cc(-c2nn3cc(-c4cn([C@H]5CCNC5)nn4)cc(Sc4ncccc4F)c3c2C#N)ccc1Sc1cc(-c2cn([C@H]3CCNC3)nn2)cn2ncc(C#N)c12. The number of nitrogens with one attached hydrogen (secondary N) is 2. The lowest BCUT2D eigenvalue weighted by molar-refractivity contribution is 0.476. The van der Waals surface area contributed by atoms with Crippen LogP contribution >= 0.6 is 23.5 Å². The van der Waals surface area contributed by atoms with E-state index in [0.717, 1.165) is 56.3 Å². The quantitative estimate of drug-likeness (QED) is 0.180. The van der Waals surface area contributed by atoms with Gasteiger partial charge in [0.05, 0.1) is 52.8 Å². The zero-order valence-electron chi connectivity index (χ0n) is 30.9. The summed E-state index contributed by atoms with van der Waals surface area (Å²) in [6.07, 6.45) is 12.3. The second-order valence-electron chi connectivity index (χ2n) is 14.1. The highest BCUT2D eigenvalue weighted by Crippen LogP contribution is 2.41. The van der Waals surface area contributed by atoms with Crippen molar-refractivity contribution in [2.24, 2.45) is 0 Å². The largest absolute Gasteiger partial charge is 0.315 e. The summed E-state index contributed by atoms with van der Waals surface area (Å²) in [6, 6.07) is 19.2. The fourth-order valence-corrected chi connectivity index (χ4v) is 9.52. The van der Waals surface area contributed by atoms with Crippen LogP contribution in [0.3, 0.4) is 0 Å². The molecule has 2 aliphatic rings. The highest BCUT2D eigenvalue weighted by molar-refractivity contribution is 7.99. The molecular formula is C40H29FN16S2. The van der Waals surface area contributed by atoms with E-state index >= 15 is 4.39 Å². The van der Waals surface area contributed by atoms with Gasteiger partial charge in [0.15, 0.2) is 5.82 Å². The van der Waals surface area contributed by atoms with Crippen LogP contribution in [-0.4, -0.2) is 80.4 Å². The Kier molecular flexibility index (Phi) is 9.31. The van der Waals surface area contributed by atoms with Crippen molar-refractivity contribution in [3.05, 3.63) is 102 Å². The molecule has 0 amide bonds. The topological polar surface area (TPSA) is 204 Å². The summed E-state index contributed by atoms with van der Waals surface area (Å²) >= 11 is 2.41. The normalized spacial score (nSPS) is 16.4. The molecule has 0 radical (unpaired) electrons. The minimum atomic E-state index is -0.501. The molecule has 288 valence electrons. The molecule has 8 aromatic rings. The summed E-state index contributed by atoms with van der Waals surface area (Å²) in [7, 11) is 0. The lowest BCUT2D eigenvalue weighted by Crippen LogP contribution is -2.13. The van der Waals surface area contributed by atoms with Crippen LogP contribution < -0.4 is 10.6 Å². The molecule has 2 saturated heterocycles. The number of hydrogen-bond acceptors (Lipinski definition) is 14. The summed E-state index contributed by atoms with van der Waals surface area (Å²) in [5, 5.41) is 65.0. The molecule has 59 heavy (non-hydrogen) atoms. The van der Waals surface area contributed by atoms with E-state index < -0.39 is 5.82 Å². The molecule has 16 nitrogen and oxygen atoms in total. The van der Waals surface area contributed by atoms with Crippen LogP contribution in [0.15, 0.2) is 99.4 Å². The van der Waals surface area contributed by atoms with E-state index in [1.807, 2.05) is 46.2 Å². The van der Waals surface area contributed by atoms with Gasteiger partial charge in [-0.25, -0.2) is 27.8 Å². The zero-order chi connectivity index (χ0) is 40.0. The van der Waals surface area contributed by atoms with Gasteiger partial charge in [0.2, 0.25) is 0 Å². The van der Waals surface area contributed by atoms with Crippen molar-refractivity contribution < 1.29 is 4.39 Å². The Balaban J connectivity index is 1.05. The second kappa shape index (κ2) is 15.1. The van der Waals surface area contributed by atoms with E-state index in [1.54, 1.807) is 27.4 Å². The van der Waals surface area contributed by atoms with Gasteiger partial charge in [-0.3, -0.25) is 0 Å². The van der Waals surface area contributed by atoms with E-state index in [1.165, 1.54) is 36.3 Å². The number of rotatable bonds is 9. The lowest BCUT2D eigenvalue weighted by Gasteiger charge is -2.10. The van der Waals surface area contributed by atoms with Crippen LogP contribution in [0, 0.1) is 39.8 Å². The van der Waals surface area contributed by atoms with E-state index in [9.17, 15) is 15.8 Å². The van der Waals surface area contributed by atoms with Crippen molar-refractivity contribution in [3.63, 3.8) is 0 Å². The third-order valence-electron chi connectivity index (χ3n) is 10.5. The zero-order valence-corrected chi connectivity index (χ0v) is 32.5. The minimum Gasteiger partial charge on any atom is -0.315 e. The van der Waals surface area contributed by atoms with Gasteiger partial charge in [0, 0.05) is 63.1 Å². The summed E-state index contributed by atoms with van der Waals surface area (Å²) in [4.78, 5) is 6.11. The molecule has 0 spiro atoms. The van der Waals surface area contributed by atoms with Gasteiger partial charge in [-0.05, 0) is 62.3 Å². The summed E-state index contributed by atoms with van der Waals surface area (Å²) in [6.45, 7) is 3.43. The predicted octanol–water partition coefficient (Wildman–Crippen LogP) is 5.69. The maximum absolute atomic E-state index is 15.0. The molecule has 7 aromatic heterocycles. The molecule has 19 heteroatoms. The Labute approximate surface area is 343 Å². The molecule has 2 N–H and O–H groups in total. The molecule has 2 atom stereocenters. The summed E-state index contributed by atoms with van der Waals surface area (Å²) in [5.74, 6) is -0.501. The standard InChI is InChI=1S/C40H29FN16S2/c41-31-2-1-7-47-40(31)59-36-12-26(33-22-55(53-50-33)29-6-9-46-18-29)20-57-39(36)30(15-44)37(51-57)23-3-4-34(24(10-23)13-42)58-35-11-25(19-56-38(35)27(14-43)16-48-56)32-21-54(52-49-32)28-5-8-45-17-28/h1-4,7,10-12,16,19-22,28-29,45-46H,5-6,8-9,17-18H2/t28-,29-/m0/s1. The maximum Gasteiger partial charge on any atom is 0.155 e. The first-order valence-corrected chi connectivity index (χ1v) is 20.3. The number of nitriles is 3. The first-order chi connectivity index (χ1) is 29.0. The van der Waals surface area contributed by atoms with E-state index in [4.69, 9.17) is 5.10 Å². The number of fused-ring (bicyclic) bond motifs is 2. The first-order valence-electron chi connectivity index (χ1n) is 18.6. The van der Waals surface area contributed by atoms with Gasteiger partial charge in [0.1, 0.15) is 45.9 Å². The minimum absolute atomic E-state index is 0.138. The van der Waals surface area contributed by atoms with Gasteiger partial charge < -0.3 is 10.6 Å². The highest BCUT2D eigenvalue weighted by atomic mass is 32.2. The number of halogens is 1. The van der Waals surface area contributed by atoms with Crippen molar-refractivity contribution in [2.45, 2.75) is 44.6 Å². The van der Waals surface area contributed by atoms with Crippen LogP contribution in [0.25, 0.3) is 44.8 Å². The molecule has 2 aliphatic heterocycles. The van der Waals surface area contributed by atoms with Gasteiger partial charge in [-0.1, -0.05) is 40.0 Å². The molecule has 10 rings (SSSR count). The van der Waals surface area contributed by atoms with E-state index in [2.05, 4.69) is 59.5 Å². The molecular weight excluding hydrogens is 788 g/mol. The Bertz CT molecular complexity index is 3060. The predicted molar refractivity (Wildman–Crippen MR) is 213 cm³/mol. The van der Waals surface area contributed by atoms with E-state index in [-0.39, 0.29) is 22.7 Å². The van der Waals surface area contributed by atoms with Crippen LogP contribution in [0.5, 0.6) is 0 Å². The number of benzene rings is 1. The third-order valence-corrected chi connectivity index (χ3v) is 12.6. The van der Waals surface area contributed by atoms with Crippen LogP contribution in [-0.2, 0) is 0 Å². The molecule has 0 bridgehead atoms. The Hall–Kier alpha value is -6.95. The third kappa shape index (κ3) is 6.64. The van der Waals surface area contributed by atoms with Gasteiger partial charge in [-0.15, -0.1) is 10.2 Å². The smallest absolute Gasteiger partial charge is 0.155 e. The summed E-state index contributed by atoms with van der Waals surface area (Å²) in [5.41, 5.74) is 5.55. The van der Waals surface area contributed by atoms with Crippen LogP contribution in [0.2, 0.25) is 0 Å². The maximum atomic E-state index is 15.0. The van der Waals surface area contributed by atoms with Crippen molar-refractivity contribution in [2.75, 3.05) is 26.2 Å². The number of pyridine rings is 3. The molecule has 1 aromatic carbocycles. The van der Waals surface area contributed by atoms with Gasteiger partial charge in [-0.2, -0.15) is 26.0 Å². The highest BCUT2D eigenvalue weighted by Gasteiger charge is 2.25. The van der Waals surface area contributed by atoms with Crippen molar-refractivity contribution >= 4 is 34.6 Å².